The van der Waals surface area contributed by atoms with Crippen LogP contribution in [-0.4, -0.2) is 19.6 Å². The van der Waals surface area contributed by atoms with Crippen molar-refractivity contribution in [2.45, 2.75) is 92.4 Å². The Bertz CT molecular complexity index is 3280. The Hall–Kier alpha value is -6.35. The molecular formula is C63H62N3OPt-. The van der Waals surface area contributed by atoms with Crippen molar-refractivity contribution in [1.82, 2.24) is 14.5 Å². The van der Waals surface area contributed by atoms with Gasteiger partial charge in [0.05, 0.1) is 22.3 Å². The maximum atomic E-state index is 12.6. The summed E-state index contributed by atoms with van der Waals surface area (Å²) < 4.78 is 10.8. The van der Waals surface area contributed by atoms with Gasteiger partial charge in [-0.2, -0.15) is 0 Å². The number of phenolic OH excluding ortho intramolecular Hbond substituents is 1. The Kier molecular flexibility index (Phi) is 13.3. The zero-order valence-corrected chi connectivity index (χ0v) is 43.3. The van der Waals surface area contributed by atoms with E-state index in [2.05, 4.69) is 199 Å². The van der Waals surface area contributed by atoms with Crippen molar-refractivity contribution in [1.29, 1.82) is 0 Å². The van der Waals surface area contributed by atoms with Gasteiger partial charge < -0.3 is 5.11 Å². The van der Waals surface area contributed by atoms with E-state index >= 15 is 0 Å². The van der Waals surface area contributed by atoms with Gasteiger partial charge in [0.15, 0.2) is 0 Å². The van der Waals surface area contributed by atoms with Crippen molar-refractivity contribution in [3.63, 3.8) is 0 Å². The largest absolute Gasteiger partial charge is 0.507 e. The molecule has 0 spiro atoms. The van der Waals surface area contributed by atoms with Crippen LogP contribution >= 0.6 is 0 Å². The first-order valence-corrected chi connectivity index (χ1v) is 23.6. The van der Waals surface area contributed by atoms with E-state index in [0.29, 0.717) is 17.3 Å². The summed E-state index contributed by atoms with van der Waals surface area (Å²) in [5, 5.41) is 12.6. The van der Waals surface area contributed by atoms with Crippen LogP contribution in [0.15, 0.2) is 164 Å². The molecule has 0 saturated heterocycles. The van der Waals surface area contributed by atoms with Crippen molar-refractivity contribution in [2.75, 3.05) is 0 Å². The van der Waals surface area contributed by atoms with Gasteiger partial charge >= 0.3 is 0 Å². The quantitative estimate of drug-likeness (QED) is 0.139. The molecule has 346 valence electrons. The first-order valence-electron chi connectivity index (χ1n) is 24.1. The Balaban J connectivity index is 0.00000642. The van der Waals surface area contributed by atoms with Crippen molar-refractivity contribution >= 4 is 11.0 Å². The third kappa shape index (κ3) is 9.81. The smallest absolute Gasteiger partial charge is 0.148 e. The molecule has 0 saturated carbocycles. The zero-order valence-electron chi connectivity index (χ0n) is 42.0. The fourth-order valence-electron chi connectivity index (χ4n) is 9.18. The molecule has 0 aliphatic rings. The van der Waals surface area contributed by atoms with E-state index in [1.165, 1.54) is 5.56 Å². The monoisotopic (exact) mass is 1070 g/mol. The molecule has 0 aliphatic carbocycles. The number of imidazole rings is 1. The first kappa shape index (κ1) is 46.7. The van der Waals surface area contributed by atoms with Gasteiger partial charge in [0.1, 0.15) is 11.6 Å². The Morgan fingerprint density at radius 3 is 1.91 bits per heavy atom. The minimum absolute atomic E-state index is 0. The average molecular weight is 1070 g/mol. The molecule has 0 amide bonds. The van der Waals surface area contributed by atoms with E-state index in [9.17, 15) is 5.11 Å². The van der Waals surface area contributed by atoms with E-state index in [1.807, 2.05) is 44.3 Å². The van der Waals surface area contributed by atoms with Crippen LogP contribution in [0.1, 0.15) is 98.8 Å². The van der Waals surface area contributed by atoms with Crippen LogP contribution in [-0.2, 0) is 38.3 Å². The van der Waals surface area contributed by atoms with E-state index in [0.717, 1.165) is 95.6 Å². The summed E-state index contributed by atoms with van der Waals surface area (Å²) in [5.41, 5.74) is 17.0. The molecule has 68 heavy (non-hydrogen) atoms. The molecule has 0 bridgehead atoms. The number of hydrogen-bond donors (Lipinski definition) is 1. The molecule has 0 atom stereocenters. The number of phenols is 1. The number of benzene rings is 7. The van der Waals surface area contributed by atoms with E-state index in [1.54, 1.807) is 0 Å². The molecule has 9 aromatic rings. The number of aromatic hydroxyl groups is 1. The predicted molar refractivity (Wildman–Crippen MR) is 282 cm³/mol. The molecule has 4 nitrogen and oxygen atoms in total. The van der Waals surface area contributed by atoms with Gasteiger partial charge in [-0.25, -0.2) is 4.98 Å². The first-order chi connectivity index (χ1) is 32.3. The molecule has 0 unspecified atom stereocenters. The van der Waals surface area contributed by atoms with Crippen LogP contribution in [0, 0.1) is 12.0 Å². The molecular weight excluding hydrogens is 1010 g/mol. The summed E-state index contributed by atoms with van der Waals surface area (Å²) in [6.07, 6.45) is 2.82. The van der Waals surface area contributed by atoms with Crippen LogP contribution in [0.5, 0.6) is 5.75 Å². The molecule has 9 rings (SSSR count). The van der Waals surface area contributed by atoms with Crippen LogP contribution < -0.4 is 0 Å². The second kappa shape index (κ2) is 19.3. The van der Waals surface area contributed by atoms with Gasteiger partial charge in [-0.05, 0) is 98.3 Å². The molecule has 2 aromatic heterocycles. The number of pyridine rings is 1. The van der Waals surface area contributed by atoms with Crippen LogP contribution in [0.25, 0.3) is 83.9 Å². The fraction of sp³-hybridized carbons (Fsp3) is 0.238. The molecule has 5 heteroatoms. The Morgan fingerprint density at radius 1 is 0.603 bits per heavy atom. The second-order valence-corrected chi connectivity index (χ2v) is 20.7. The maximum absolute atomic E-state index is 12.6. The molecule has 1 N–H and O–H groups in total. The van der Waals surface area contributed by atoms with Crippen molar-refractivity contribution < 1.29 is 27.5 Å². The van der Waals surface area contributed by atoms with Crippen LogP contribution in [0.2, 0.25) is 0 Å². The topological polar surface area (TPSA) is 50.9 Å². The van der Waals surface area contributed by atoms with Gasteiger partial charge in [0, 0.05) is 45.5 Å². The molecule has 0 aliphatic heterocycles. The standard InChI is InChI=1S/C63H62N3O.Pt/c1-40(2)32-42-24-29-57(53(33-42)46-20-15-12-16-21-46)66-58-23-17-22-52(59(58)65-61(66)54-38-51(62(5,6)7)39-55(60(54)67)63(8,9)10)49-34-48(44-18-13-11-14-19-44)35-50(36-49)56-37-47(30-31-64-56)45-27-25-43(26-28-45)41(3)4;/h11-31,33-35,37-41,67H,32H2,1-10H3;/q-1;/i41D;. The number of rotatable bonds is 10. The summed E-state index contributed by atoms with van der Waals surface area (Å²) in [5.74, 6) is 0.719. The Morgan fingerprint density at radius 2 is 1.26 bits per heavy atom. The Labute approximate surface area is 419 Å². The van der Waals surface area contributed by atoms with Crippen molar-refractivity contribution in [2.24, 2.45) is 5.92 Å². The molecule has 0 fully saturated rings. The predicted octanol–water partition coefficient (Wildman–Crippen LogP) is 16.8. The third-order valence-corrected chi connectivity index (χ3v) is 12.8. The number of fused-ring (bicyclic) bond motifs is 1. The summed E-state index contributed by atoms with van der Waals surface area (Å²) in [4.78, 5) is 10.6. The van der Waals surface area contributed by atoms with Crippen LogP contribution in [0.3, 0.4) is 0 Å². The summed E-state index contributed by atoms with van der Waals surface area (Å²) in [6, 6.07) is 59.3. The van der Waals surface area contributed by atoms with E-state index in [4.69, 9.17) is 11.3 Å². The number of para-hydroxylation sites is 1. The number of nitrogens with zero attached hydrogens (tertiary/aromatic N) is 3. The number of aromatic nitrogens is 3. The normalized spacial score (nSPS) is 12.3. The second-order valence-electron chi connectivity index (χ2n) is 20.7. The van der Waals surface area contributed by atoms with E-state index in [-0.39, 0.29) is 37.6 Å². The maximum Gasteiger partial charge on any atom is 0.148 e. The molecule has 7 aromatic carbocycles. The molecule has 0 radical (unpaired) electrons. The van der Waals surface area contributed by atoms with Gasteiger partial charge in [-0.15, -0.1) is 23.8 Å². The van der Waals surface area contributed by atoms with Gasteiger partial charge in [-0.3, -0.25) is 9.55 Å². The number of hydrogen-bond acceptors (Lipinski definition) is 3. The van der Waals surface area contributed by atoms with Gasteiger partial charge in [0.2, 0.25) is 0 Å². The van der Waals surface area contributed by atoms with Crippen molar-refractivity contribution in [3.8, 4) is 78.6 Å². The van der Waals surface area contributed by atoms with E-state index < -0.39 is 5.89 Å². The summed E-state index contributed by atoms with van der Waals surface area (Å²) >= 11 is 0. The SMILES string of the molecule is [2H]C(C)(C)c1ccc(-c2ccnc(-c3[c-]c(-c4cccc5c4nc(-c4cc(C(C)(C)C)cc(C(C)(C)C)c4O)n5-c4ccc(CC(C)C)cc4-c4ccccc4)cc(-c4ccccc4)c3)c2)cc1.[Pt]. The zero-order chi connectivity index (χ0) is 48.1. The van der Waals surface area contributed by atoms with Crippen LogP contribution in [0.4, 0.5) is 0 Å². The van der Waals surface area contributed by atoms with Gasteiger partial charge in [-0.1, -0.05) is 201 Å². The van der Waals surface area contributed by atoms with Crippen molar-refractivity contribution in [3.05, 3.63) is 192 Å². The summed E-state index contributed by atoms with van der Waals surface area (Å²) in [7, 11) is 0. The van der Waals surface area contributed by atoms with Gasteiger partial charge in [0.25, 0.3) is 0 Å². The summed E-state index contributed by atoms with van der Waals surface area (Å²) in [6.45, 7) is 21.5. The average Bonchev–Trinajstić information content (AvgIpc) is 3.70. The molecule has 2 heterocycles. The fourth-order valence-corrected chi connectivity index (χ4v) is 9.18. The minimum Gasteiger partial charge on any atom is -0.507 e. The third-order valence-electron chi connectivity index (χ3n) is 12.8. The minimum atomic E-state index is -0.681.